The number of aromatic nitrogens is 1. The van der Waals surface area contributed by atoms with E-state index in [4.69, 9.17) is 0 Å². The Labute approximate surface area is 207 Å². The number of nitriles is 1. The molecule has 0 bridgehead atoms. The normalized spacial score (nSPS) is 15.6. The van der Waals surface area contributed by atoms with E-state index >= 15 is 0 Å². The zero-order chi connectivity index (χ0) is 26.0. The molecule has 4 rings (SSSR count). The minimum absolute atomic E-state index is 0.157. The van der Waals surface area contributed by atoms with Gasteiger partial charge in [0.1, 0.15) is 5.92 Å². The summed E-state index contributed by atoms with van der Waals surface area (Å²) < 4.78 is 28.2. The number of alkyl halides is 2. The molecule has 0 fully saturated rings. The van der Waals surface area contributed by atoms with Crippen molar-refractivity contribution >= 4 is 23.1 Å². The molecule has 1 amide bonds. The average Bonchev–Trinajstić information content (AvgIpc) is 3.17. The van der Waals surface area contributed by atoms with Crippen LogP contribution in [-0.4, -0.2) is 22.4 Å². The van der Waals surface area contributed by atoms with Gasteiger partial charge >= 0.3 is 0 Å². The number of anilines is 1. The fourth-order valence-corrected chi connectivity index (χ4v) is 4.26. The van der Waals surface area contributed by atoms with Gasteiger partial charge in [-0.05, 0) is 55.3 Å². The first kappa shape index (κ1) is 24.9. The molecule has 1 atom stereocenters. The van der Waals surface area contributed by atoms with E-state index in [1.807, 2.05) is 13.0 Å². The second kappa shape index (κ2) is 9.78. The van der Waals surface area contributed by atoms with E-state index in [0.717, 1.165) is 10.6 Å². The van der Waals surface area contributed by atoms with Gasteiger partial charge in [0.05, 0.1) is 28.7 Å². The SMILES string of the molecule is CCC(F)(F)c1cccc(CC(=O)C2C(=O)N(c3ccc(C#N)c(-c4ncccc4C)c3)N=C2C)c1. The lowest BCUT2D eigenvalue weighted by atomic mass is 9.92. The number of benzene rings is 2. The first-order chi connectivity index (χ1) is 17.2. The molecular formula is C28H24F2N4O2. The second-order valence-electron chi connectivity index (χ2n) is 8.74. The van der Waals surface area contributed by atoms with Gasteiger partial charge in [-0.1, -0.05) is 31.2 Å². The van der Waals surface area contributed by atoms with Crippen molar-refractivity contribution in [1.29, 1.82) is 5.26 Å². The predicted octanol–water partition coefficient (Wildman–Crippen LogP) is 5.58. The summed E-state index contributed by atoms with van der Waals surface area (Å²) in [4.78, 5) is 30.8. The maximum atomic E-state index is 14.1. The number of aryl methyl sites for hydroxylation is 1. The Hall–Kier alpha value is -4.25. The smallest absolute Gasteiger partial charge is 0.273 e. The van der Waals surface area contributed by atoms with E-state index in [-0.39, 0.29) is 18.4 Å². The van der Waals surface area contributed by atoms with Crippen LogP contribution in [-0.2, 0) is 21.9 Å². The van der Waals surface area contributed by atoms with Crippen LogP contribution in [0.15, 0.2) is 65.9 Å². The van der Waals surface area contributed by atoms with Crippen LogP contribution in [0, 0.1) is 24.2 Å². The maximum absolute atomic E-state index is 14.1. The number of Topliss-reactive ketones (excluding diaryl/α,β-unsaturated/α-hetero) is 1. The van der Waals surface area contributed by atoms with Gasteiger partial charge in [-0.25, -0.2) is 8.78 Å². The van der Waals surface area contributed by atoms with Gasteiger partial charge in [-0.3, -0.25) is 14.6 Å². The first-order valence-electron chi connectivity index (χ1n) is 11.5. The number of carbonyl (C=O) groups excluding carboxylic acids is 2. The highest BCUT2D eigenvalue weighted by molar-refractivity contribution is 6.27. The maximum Gasteiger partial charge on any atom is 0.273 e. The van der Waals surface area contributed by atoms with Crippen LogP contribution in [0.25, 0.3) is 11.3 Å². The molecule has 1 aliphatic rings. The van der Waals surface area contributed by atoms with E-state index in [0.29, 0.717) is 33.8 Å². The fraction of sp³-hybridized carbons (Fsp3) is 0.250. The molecule has 6 nitrogen and oxygen atoms in total. The van der Waals surface area contributed by atoms with E-state index in [9.17, 15) is 23.6 Å². The molecule has 1 aliphatic heterocycles. The van der Waals surface area contributed by atoms with Crippen molar-refractivity contribution in [2.45, 2.75) is 39.5 Å². The average molecular weight is 487 g/mol. The van der Waals surface area contributed by atoms with Crippen LogP contribution in [0.4, 0.5) is 14.5 Å². The molecule has 0 N–H and O–H groups in total. The summed E-state index contributed by atoms with van der Waals surface area (Å²) in [5.41, 5.74) is 3.40. The number of nitrogens with zero attached hydrogens (tertiary/aromatic N) is 4. The van der Waals surface area contributed by atoms with Crippen LogP contribution in [0.1, 0.15) is 42.5 Å². The number of amides is 1. The number of halogens is 2. The minimum atomic E-state index is -2.99. The Morgan fingerprint density at radius 3 is 2.61 bits per heavy atom. The Balaban J connectivity index is 1.61. The first-order valence-corrected chi connectivity index (χ1v) is 11.5. The summed E-state index contributed by atoms with van der Waals surface area (Å²) in [6, 6.07) is 16.4. The Morgan fingerprint density at radius 2 is 1.92 bits per heavy atom. The van der Waals surface area contributed by atoms with E-state index in [1.54, 1.807) is 43.5 Å². The number of pyridine rings is 1. The van der Waals surface area contributed by atoms with Gasteiger partial charge in [-0.15, -0.1) is 0 Å². The molecule has 0 saturated heterocycles. The summed E-state index contributed by atoms with van der Waals surface area (Å²) in [5.74, 6) is -5.05. The molecule has 0 saturated carbocycles. The molecule has 36 heavy (non-hydrogen) atoms. The second-order valence-corrected chi connectivity index (χ2v) is 8.74. The van der Waals surface area contributed by atoms with Gasteiger partial charge in [0.25, 0.3) is 11.8 Å². The van der Waals surface area contributed by atoms with Crippen LogP contribution >= 0.6 is 0 Å². The summed E-state index contributed by atoms with van der Waals surface area (Å²) in [7, 11) is 0. The molecule has 0 aliphatic carbocycles. The lowest BCUT2D eigenvalue weighted by Crippen LogP contribution is -2.33. The molecule has 0 radical (unpaired) electrons. The van der Waals surface area contributed by atoms with Crippen molar-refractivity contribution in [3.05, 3.63) is 83.0 Å². The number of ketones is 1. The largest absolute Gasteiger partial charge is 0.298 e. The molecule has 2 aromatic carbocycles. The lowest BCUT2D eigenvalue weighted by Gasteiger charge is -2.17. The van der Waals surface area contributed by atoms with Crippen molar-refractivity contribution in [3.8, 4) is 17.3 Å². The van der Waals surface area contributed by atoms with Crippen LogP contribution in [0.3, 0.4) is 0 Å². The zero-order valence-corrected chi connectivity index (χ0v) is 20.1. The minimum Gasteiger partial charge on any atom is -0.298 e. The van der Waals surface area contributed by atoms with E-state index in [1.165, 1.54) is 25.1 Å². The molecule has 1 aromatic heterocycles. The number of hydrogen-bond donors (Lipinski definition) is 0. The van der Waals surface area contributed by atoms with E-state index in [2.05, 4.69) is 16.2 Å². The number of carbonyl (C=O) groups is 2. The third-order valence-electron chi connectivity index (χ3n) is 6.26. The molecule has 3 aromatic rings. The van der Waals surface area contributed by atoms with Gasteiger partial charge in [0.15, 0.2) is 5.78 Å². The molecular weight excluding hydrogens is 462 g/mol. The fourth-order valence-electron chi connectivity index (χ4n) is 4.26. The van der Waals surface area contributed by atoms with Crippen LogP contribution < -0.4 is 5.01 Å². The highest BCUT2D eigenvalue weighted by atomic mass is 19.3. The highest BCUT2D eigenvalue weighted by Crippen LogP contribution is 2.33. The summed E-state index contributed by atoms with van der Waals surface area (Å²) in [6.45, 7) is 4.86. The van der Waals surface area contributed by atoms with Crippen molar-refractivity contribution in [3.63, 3.8) is 0 Å². The van der Waals surface area contributed by atoms with Gasteiger partial charge in [-0.2, -0.15) is 15.4 Å². The summed E-state index contributed by atoms with van der Waals surface area (Å²) in [5, 5.41) is 15.1. The molecule has 0 spiro atoms. The van der Waals surface area contributed by atoms with Gasteiger partial charge in [0.2, 0.25) is 0 Å². The van der Waals surface area contributed by atoms with Gasteiger partial charge < -0.3 is 0 Å². The third kappa shape index (κ3) is 4.65. The number of hydrogen-bond acceptors (Lipinski definition) is 5. The standard InChI is InChI=1S/C28H24F2N4O2/c1-4-28(29,30)21-9-5-8-19(13-21)14-24(35)25-18(3)33-34(27(25)36)22-11-10-20(16-31)23(15-22)26-17(2)7-6-12-32-26/h5-13,15,25H,4,14H2,1-3H3. The van der Waals surface area contributed by atoms with Crippen molar-refractivity contribution < 1.29 is 18.4 Å². The third-order valence-corrected chi connectivity index (χ3v) is 6.26. The van der Waals surface area contributed by atoms with Crippen molar-refractivity contribution in [2.24, 2.45) is 11.0 Å². The van der Waals surface area contributed by atoms with Gasteiger partial charge in [0, 0.05) is 30.2 Å². The summed E-state index contributed by atoms with van der Waals surface area (Å²) >= 11 is 0. The van der Waals surface area contributed by atoms with Crippen LogP contribution in [0.2, 0.25) is 0 Å². The Morgan fingerprint density at radius 1 is 1.14 bits per heavy atom. The number of hydrazone groups is 1. The highest BCUT2D eigenvalue weighted by Gasteiger charge is 2.39. The lowest BCUT2D eigenvalue weighted by molar-refractivity contribution is -0.128. The van der Waals surface area contributed by atoms with Crippen molar-refractivity contribution in [2.75, 3.05) is 5.01 Å². The van der Waals surface area contributed by atoms with E-state index < -0.39 is 23.5 Å². The zero-order valence-electron chi connectivity index (χ0n) is 20.1. The monoisotopic (exact) mass is 486 g/mol. The topological polar surface area (TPSA) is 86.4 Å². The molecule has 1 unspecified atom stereocenters. The molecule has 8 heteroatoms. The summed E-state index contributed by atoms with van der Waals surface area (Å²) in [6.07, 6.45) is 1.10. The quantitative estimate of drug-likeness (QED) is 0.408. The predicted molar refractivity (Wildman–Crippen MR) is 133 cm³/mol. The van der Waals surface area contributed by atoms with Crippen LogP contribution in [0.5, 0.6) is 0 Å². The Kier molecular flexibility index (Phi) is 6.75. The Bertz CT molecular complexity index is 1430. The van der Waals surface area contributed by atoms with Crippen molar-refractivity contribution in [1.82, 2.24) is 4.98 Å². The molecule has 182 valence electrons. The molecule has 2 heterocycles. The number of rotatable bonds is 7.